The van der Waals surface area contributed by atoms with Crippen LogP contribution in [-0.4, -0.2) is 40.2 Å². The third-order valence-electron chi connectivity index (χ3n) is 4.16. The van der Waals surface area contributed by atoms with Crippen LogP contribution in [0.15, 0.2) is 21.3 Å². The number of nitrogens with one attached hydrogen (secondary N) is 1. The molecule has 0 bridgehead atoms. The minimum absolute atomic E-state index is 0.552. The zero-order valence-corrected chi connectivity index (χ0v) is 13.4. The van der Waals surface area contributed by atoms with Gasteiger partial charge in [-0.3, -0.25) is 4.90 Å². The lowest BCUT2D eigenvalue weighted by Crippen LogP contribution is -2.55. The van der Waals surface area contributed by atoms with Crippen molar-refractivity contribution in [2.75, 3.05) is 13.1 Å². The highest BCUT2D eigenvalue weighted by Gasteiger charge is 2.27. The van der Waals surface area contributed by atoms with Crippen molar-refractivity contribution in [2.24, 2.45) is 0 Å². The van der Waals surface area contributed by atoms with Crippen molar-refractivity contribution in [1.29, 1.82) is 0 Å². The van der Waals surface area contributed by atoms with Gasteiger partial charge in [0.25, 0.3) is 5.89 Å². The minimum atomic E-state index is 0.552. The predicted molar refractivity (Wildman–Crippen MR) is 84.2 cm³/mol. The van der Waals surface area contributed by atoms with Gasteiger partial charge in [0, 0.05) is 30.6 Å². The summed E-state index contributed by atoms with van der Waals surface area (Å²) >= 11 is 1.64. The molecule has 2 aromatic rings. The highest BCUT2D eigenvalue weighted by molar-refractivity contribution is 7.08. The quantitative estimate of drug-likeness (QED) is 0.920. The van der Waals surface area contributed by atoms with Crippen molar-refractivity contribution < 1.29 is 4.52 Å². The van der Waals surface area contributed by atoms with Crippen LogP contribution >= 0.6 is 11.3 Å². The minimum Gasteiger partial charge on any atom is -0.334 e. The summed E-state index contributed by atoms with van der Waals surface area (Å²) in [7, 11) is 0. The molecule has 0 amide bonds. The summed E-state index contributed by atoms with van der Waals surface area (Å²) in [6.07, 6.45) is 2.29. The maximum absolute atomic E-state index is 5.38. The zero-order valence-electron chi connectivity index (χ0n) is 12.6. The Hall–Kier alpha value is -1.24. The molecule has 0 aromatic carbocycles. The highest BCUT2D eigenvalue weighted by atomic mass is 32.1. The number of thiophene rings is 1. The molecule has 3 heterocycles. The molecule has 0 radical (unpaired) electrons. The summed E-state index contributed by atoms with van der Waals surface area (Å²) in [5.41, 5.74) is 1.01. The summed E-state index contributed by atoms with van der Waals surface area (Å²) < 4.78 is 5.38. The van der Waals surface area contributed by atoms with Crippen molar-refractivity contribution in [1.82, 2.24) is 20.4 Å². The van der Waals surface area contributed by atoms with Gasteiger partial charge in [0.05, 0.1) is 12.1 Å². The summed E-state index contributed by atoms with van der Waals surface area (Å²) in [6.45, 7) is 7.33. The fourth-order valence-corrected chi connectivity index (χ4v) is 3.43. The normalized spacial score (nSPS) is 23.5. The van der Waals surface area contributed by atoms with Crippen molar-refractivity contribution in [3.05, 3.63) is 22.7 Å². The molecular formula is C15H22N4OS. The molecule has 1 fully saturated rings. The fraction of sp³-hybridized carbons (Fsp3) is 0.600. The number of rotatable bonds is 5. The van der Waals surface area contributed by atoms with Crippen LogP contribution < -0.4 is 5.32 Å². The van der Waals surface area contributed by atoms with Gasteiger partial charge in [-0.15, -0.1) is 0 Å². The molecule has 0 aliphatic carbocycles. The van der Waals surface area contributed by atoms with Crippen molar-refractivity contribution in [3.63, 3.8) is 0 Å². The highest BCUT2D eigenvalue weighted by Crippen LogP contribution is 2.21. The number of piperazine rings is 1. The van der Waals surface area contributed by atoms with Gasteiger partial charge in [-0.25, -0.2) is 0 Å². The Morgan fingerprint density at radius 1 is 1.43 bits per heavy atom. The van der Waals surface area contributed by atoms with Crippen molar-refractivity contribution in [2.45, 2.75) is 45.3 Å². The molecule has 1 aliphatic rings. The van der Waals surface area contributed by atoms with Crippen LogP contribution in [0.4, 0.5) is 0 Å². The van der Waals surface area contributed by atoms with E-state index >= 15 is 0 Å². The molecule has 2 aromatic heterocycles. The van der Waals surface area contributed by atoms with Gasteiger partial charge in [-0.1, -0.05) is 19.0 Å². The first-order chi connectivity index (χ1) is 10.3. The Balaban J connectivity index is 1.69. The van der Waals surface area contributed by atoms with Gasteiger partial charge in [0.2, 0.25) is 0 Å². The van der Waals surface area contributed by atoms with Gasteiger partial charge in [-0.2, -0.15) is 16.3 Å². The first-order valence-electron chi connectivity index (χ1n) is 7.62. The van der Waals surface area contributed by atoms with Gasteiger partial charge in [0.15, 0.2) is 5.82 Å². The Kier molecular flexibility index (Phi) is 4.67. The summed E-state index contributed by atoms with van der Waals surface area (Å²) in [6, 6.07) is 3.13. The summed E-state index contributed by atoms with van der Waals surface area (Å²) in [5.74, 6) is 1.41. The second-order valence-electron chi connectivity index (χ2n) is 5.53. The van der Waals surface area contributed by atoms with E-state index in [1.165, 1.54) is 0 Å². The van der Waals surface area contributed by atoms with E-state index in [1.807, 2.05) is 16.8 Å². The smallest absolute Gasteiger partial charge is 0.258 e. The van der Waals surface area contributed by atoms with Gasteiger partial charge >= 0.3 is 0 Å². The predicted octanol–water partition coefficient (Wildman–Crippen LogP) is 2.76. The second kappa shape index (κ2) is 6.68. The largest absolute Gasteiger partial charge is 0.334 e. The van der Waals surface area contributed by atoms with Crippen LogP contribution in [0.2, 0.25) is 0 Å². The fourth-order valence-electron chi connectivity index (χ4n) is 2.80. The van der Waals surface area contributed by atoms with Gasteiger partial charge in [-0.05, 0) is 24.3 Å². The summed E-state index contributed by atoms with van der Waals surface area (Å²) in [4.78, 5) is 7.01. The molecule has 0 spiro atoms. The van der Waals surface area contributed by atoms with E-state index in [0.717, 1.165) is 43.9 Å². The lowest BCUT2D eigenvalue weighted by atomic mass is 10.1. The molecule has 21 heavy (non-hydrogen) atoms. The average Bonchev–Trinajstić information content (AvgIpc) is 3.18. The number of hydrogen-bond donors (Lipinski definition) is 1. The monoisotopic (exact) mass is 306 g/mol. The van der Waals surface area contributed by atoms with Crippen molar-refractivity contribution in [3.8, 4) is 11.5 Å². The zero-order chi connectivity index (χ0) is 14.7. The molecule has 2 atom stereocenters. The maximum atomic E-state index is 5.38. The second-order valence-corrected chi connectivity index (χ2v) is 6.31. The van der Waals surface area contributed by atoms with Gasteiger partial charge in [0.1, 0.15) is 0 Å². The average molecular weight is 306 g/mol. The topological polar surface area (TPSA) is 54.2 Å². The number of nitrogens with zero attached hydrogens (tertiary/aromatic N) is 3. The maximum Gasteiger partial charge on any atom is 0.258 e. The standard InChI is InChI=1S/C15H22N4OS/c1-3-12-8-19(13(4-2)7-16-12)9-14-17-15(20-18-14)11-5-6-21-10-11/h5-6,10,12-13,16H,3-4,7-9H2,1-2H3. The Bertz CT molecular complexity index is 554. The molecule has 1 aliphatic heterocycles. The van der Waals surface area contributed by atoms with E-state index in [9.17, 15) is 0 Å². The molecule has 2 unspecified atom stereocenters. The molecular weight excluding hydrogens is 284 g/mol. The van der Waals surface area contributed by atoms with E-state index in [2.05, 4.69) is 34.2 Å². The number of aromatic nitrogens is 2. The molecule has 6 heteroatoms. The Morgan fingerprint density at radius 2 is 2.33 bits per heavy atom. The van der Waals surface area contributed by atoms with Crippen LogP contribution in [0, 0.1) is 0 Å². The lowest BCUT2D eigenvalue weighted by molar-refractivity contribution is 0.113. The van der Waals surface area contributed by atoms with Crippen LogP contribution in [0.25, 0.3) is 11.5 Å². The van der Waals surface area contributed by atoms with E-state index in [-0.39, 0.29) is 0 Å². The van der Waals surface area contributed by atoms with Crippen molar-refractivity contribution >= 4 is 11.3 Å². The molecule has 5 nitrogen and oxygen atoms in total. The van der Waals surface area contributed by atoms with Gasteiger partial charge < -0.3 is 9.84 Å². The Labute approximate surface area is 129 Å². The first-order valence-corrected chi connectivity index (χ1v) is 8.57. The molecule has 1 saturated heterocycles. The van der Waals surface area contributed by atoms with E-state index in [1.54, 1.807) is 11.3 Å². The summed E-state index contributed by atoms with van der Waals surface area (Å²) in [5, 5.41) is 11.8. The van der Waals surface area contributed by atoms with Crippen LogP contribution in [0.1, 0.15) is 32.5 Å². The van der Waals surface area contributed by atoms with Crippen LogP contribution in [0.5, 0.6) is 0 Å². The van der Waals surface area contributed by atoms with E-state index < -0.39 is 0 Å². The lowest BCUT2D eigenvalue weighted by Gasteiger charge is -2.39. The molecule has 3 rings (SSSR count). The van der Waals surface area contributed by atoms with E-state index in [0.29, 0.717) is 18.0 Å². The molecule has 0 saturated carbocycles. The third kappa shape index (κ3) is 3.33. The van der Waals surface area contributed by atoms with Crippen LogP contribution in [-0.2, 0) is 6.54 Å². The molecule has 1 N–H and O–H groups in total. The van der Waals surface area contributed by atoms with E-state index in [4.69, 9.17) is 4.52 Å². The number of hydrogen-bond acceptors (Lipinski definition) is 6. The third-order valence-corrected chi connectivity index (χ3v) is 4.84. The first kappa shape index (κ1) is 14.7. The molecule has 114 valence electrons. The SMILES string of the molecule is CCC1CN(Cc2noc(-c3ccsc3)n2)C(CC)CN1. The Morgan fingerprint density at radius 3 is 3.05 bits per heavy atom. The van der Waals surface area contributed by atoms with Crippen LogP contribution in [0.3, 0.4) is 0 Å².